The molecule has 166 valence electrons. The maximum absolute atomic E-state index is 13.1. The van der Waals surface area contributed by atoms with E-state index in [0.717, 1.165) is 22.8 Å². The number of nitrogens with zero attached hydrogens (tertiary/aromatic N) is 2. The van der Waals surface area contributed by atoms with Crippen LogP contribution in [-0.4, -0.2) is 26.7 Å². The van der Waals surface area contributed by atoms with Crippen molar-refractivity contribution in [3.8, 4) is 5.75 Å². The van der Waals surface area contributed by atoms with Crippen LogP contribution in [0.15, 0.2) is 70.7 Å². The number of hydrogen-bond acceptors (Lipinski definition) is 7. The van der Waals surface area contributed by atoms with Gasteiger partial charge in [-0.2, -0.15) is 5.10 Å². The Labute approximate surface area is 185 Å². The quantitative estimate of drug-likeness (QED) is 0.294. The van der Waals surface area contributed by atoms with Gasteiger partial charge in [-0.15, -0.1) is 0 Å². The van der Waals surface area contributed by atoms with Gasteiger partial charge in [-0.1, -0.05) is 35.9 Å². The number of hydrogen-bond donors (Lipinski definition) is 2. The van der Waals surface area contributed by atoms with Crippen LogP contribution in [0, 0.1) is 24.0 Å². The lowest BCUT2D eigenvalue weighted by atomic mass is 10.1. The molecule has 0 aromatic heterocycles. The first-order chi connectivity index (χ1) is 15.2. The molecule has 0 aliphatic heterocycles. The highest BCUT2D eigenvalue weighted by Crippen LogP contribution is 2.31. The van der Waals surface area contributed by atoms with Crippen LogP contribution in [0.1, 0.15) is 16.7 Å². The summed E-state index contributed by atoms with van der Waals surface area (Å²) in [6, 6.07) is 15.8. The number of para-hydroxylation sites is 2. The van der Waals surface area contributed by atoms with E-state index in [-0.39, 0.29) is 22.0 Å². The molecule has 2 N–H and O–H groups in total. The van der Waals surface area contributed by atoms with Gasteiger partial charge in [0.1, 0.15) is 10.6 Å². The van der Waals surface area contributed by atoms with Gasteiger partial charge in [-0.05, 0) is 43.2 Å². The Kier molecular flexibility index (Phi) is 6.74. The van der Waals surface area contributed by atoms with E-state index in [9.17, 15) is 18.5 Å². The highest BCUT2D eigenvalue weighted by Gasteiger charge is 2.23. The summed E-state index contributed by atoms with van der Waals surface area (Å²) in [6.45, 7) is 3.92. The summed E-state index contributed by atoms with van der Waals surface area (Å²) in [4.78, 5) is 10.2. The van der Waals surface area contributed by atoms with Crippen molar-refractivity contribution in [2.45, 2.75) is 18.7 Å². The third kappa shape index (κ3) is 5.22. The van der Waals surface area contributed by atoms with Crippen molar-refractivity contribution in [3.63, 3.8) is 0 Å². The molecule has 10 heteroatoms. The molecule has 0 aliphatic rings. The van der Waals surface area contributed by atoms with Crippen molar-refractivity contribution >= 4 is 33.3 Å². The molecule has 0 saturated carbocycles. The minimum Gasteiger partial charge on any atom is -0.495 e. The topological polar surface area (TPSA) is 123 Å². The van der Waals surface area contributed by atoms with Crippen LogP contribution in [0.2, 0.25) is 0 Å². The van der Waals surface area contributed by atoms with Gasteiger partial charge < -0.3 is 4.74 Å². The van der Waals surface area contributed by atoms with Gasteiger partial charge in [-0.25, -0.2) is 8.42 Å². The molecule has 0 radical (unpaired) electrons. The zero-order chi connectivity index (χ0) is 23.3. The van der Waals surface area contributed by atoms with Gasteiger partial charge in [0.2, 0.25) is 0 Å². The molecule has 0 atom stereocenters. The molecule has 3 rings (SSSR count). The molecular weight excluding hydrogens is 432 g/mol. The Morgan fingerprint density at radius 3 is 2.47 bits per heavy atom. The van der Waals surface area contributed by atoms with Crippen molar-refractivity contribution in [3.05, 3.63) is 87.5 Å². The summed E-state index contributed by atoms with van der Waals surface area (Å²) in [5.41, 5.74) is 5.57. The molecule has 0 bridgehead atoms. The molecule has 0 unspecified atom stereocenters. The van der Waals surface area contributed by atoms with E-state index >= 15 is 0 Å². The first kappa shape index (κ1) is 22.8. The van der Waals surface area contributed by atoms with E-state index < -0.39 is 14.9 Å². The van der Waals surface area contributed by atoms with Crippen LogP contribution in [0.5, 0.6) is 5.75 Å². The normalized spacial score (nSPS) is 11.3. The molecule has 32 heavy (non-hydrogen) atoms. The number of nitrogens with one attached hydrogen (secondary N) is 2. The Bertz CT molecular complexity index is 1290. The van der Waals surface area contributed by atoms with Crippen LogP contribution in [0.3, 0.4) is 0 Å². The lowest BCUT2D eigenvalue weighted by Crippen LogP contribution is -2.15. The van der Waals surface area contributed by atoms with Gasteiger partial charge in [0, 0.05) is 12.1 Å². The van der Waals surface area contributed by atoms with E-state index in [0.29, 0.717) is 5.75 Å². The van der Waals surface area contributed by atoms with Crippen molar-refractivity contribution in [1.82, 2.24) is 0 Å². The lowest BCUT2D eigenvalue weighted by Gasteiger charge is -2.14. The highest BCUT2D eigenvalue weighted by atomic mass is 32.2. The number of nitro groups is 1. The second-order valence-corrected chi connectivity index (χ2v) is 8.62. The number of sulfonamides is 1. The summed E-state index contributed by atoms with van der Waals surface area (Å²) in [6.07, 6.45) is 1.56. The Morgan fingerprint density at radius 1 is 1.03 bits per heavy atom. The van der Waals surface area contributed by atoms with E-state index in [1.165, 1.54) is 25.3 Å². The second kappa shape index (κ2) is 9.48. The number of hydrazone groups is 1. The second-order valence-electron chi connectivity index (χ2n) is 6.97. The third-order valence-corrected chi connectivity index (χ3v) is 6.04. The van der Waals surface area contributed by atoms with Crippen LogP contribution < -0.4 is 14.9 Å². The fraction of sp³-hybridized carbons (Fsp3) is 0.136. The van der Waals surface area contributed by atoms with Crippen molar-refractivity contribution in [1.29, 1.82) is 0 Å². The number of non-ortho nitro benzene ring substituents is 1. The van der Waals surface area contributed by atoms with E-state index in [2.05, 4.69) is 15.2 Å². The average molecular weight is 455 g/mol. The number of ether oxygens (including phenoxy) is 1. The summed E-state index contributed by atoms with van der Waals surface area (Å²) in [5.74, 6) is 0.309. The molecule has 9 nitrogen and oxygen atoms in total. The minimum atomic E-state index is -4.21. The molecule has 0 fully saturated rings. The third-order valence-electron chi connectivity index (χ3n) is 4.63. The summed E-state index contributed by atoms with van der Waals surface area (Å²) in [7, 11) is -2.80. The fourth-order valence-electron chi connectivity index (χ4n) is 3.01. The molecule has 0 heterocycles. The van der Waals surface area contributed by atoms with E-state index in [1.54, 1.807) is 24.4 Å². The SMILES string of the molecule is COc1ccccc1NS(=O)(=O)c1cc([N+](=O)[O-])ccc1N/N=C/c1ccc(C)cc1C. The van der Waals surface area contributed by atoms with Crippen molar-refractivity contribution < 1.29 is 18.1 Å². The number of methoxy groups -OCH3 is 1. The summed E-state index contributed by atoms with van der Waals surface area (Å²) < 4.78 is 33.8. The molecule has 0 saturated heterocycles. The summed E-state index contributed by atoms with van der Waals surface area (Å²) >= 11 is 0. The van der Waals surface area contributed by atoms with Crippen LogP contribution in [0.4, 0.5) is 17.1 Å². The lowest BCUT2D eigenvalue weighted by molar-refractivity contribution is -0.385. The van der Waals surface area contributed by atoms with Gasteiger partial charge in [0.05, 0.1) is 29.6 Å². The van der Waals surface area contributed by atoms with E-state index in [1.807, 2.05) is 32.0 Å². The predicted molar refractivity (Wildman–Crippen MR) is 124 cm³/mol. The van der Waals surface area contributed by atoms with Gasteiger partial charge in [0.15, 0.2) is 0 Å². The molecule has 3 aromatic carbocycles. The number of rotatable bonds is 8. The number of nitro benzene ring substituents is 1. The first-order valence-electron chi connectivity index (χ1n) is 9.52. The maximum Gasteiger partial charge on any atom is 0.270 e. The zero-order valence-corrected chi connectivity index (χ0v) is 18.5. The van der Waals surface area contributed by atoms with Crippen LogP contribution in [-0.2, 0) is 10.0 Å². The molecule has 3 aromatic rings. The molecule has 0 aliphatic carbocycles. The zero-order valence-electron chi connectivity index (χ0n) is 17.7. The Balaban J connectivity index is 1.97. The summed E-state index contributed by atoms with van der Waals surface area (Å²) in [5, 5.41) is 15.4. The van der Waals surface area contributed by atoms with E-state index in [4.69, 9.17) is 4.74 Å². The molecule has 0 spiro atoms. The Hall–Kier alpha value is -3.92. The first-order valence-corrected chi connectivity index (χ1v) is 11.0. The fourth-order valence-corrected chi connectivity index (χ4v) is 4.26. The molecule has 0 amide bonds. The van der Waals surface area contributed by atoms with Crippen LogP contribution >= 0.6 is 0 Å². The number of benzene rings is 3. The minimum absolute atomic E-state index is 0.0824. The van der Waals surface area contributed by atoms with Crippen LogP contribution in [0.25, 0.3) is 0 Å². The van der Waals surface area contributed by atoms with Crippen molar-refractivity contribution in [2.24, 2.45) is 5.10 Å². The number of aryl methyl sites for hydroxylation is 2. The maximum atomic E-state index is 13.1. The Morgan fingerprint density at radius 2 is 1.78 bits per heavy atom. The standard InChI is InChI=1S/C22H22N4O5S/c1-15-8-9-17(16(2)12-15)14-23-24-20-11-10-18(26(27)28)13-22(20)32(29,30)25-19-6-4-5-7-21(19)31-3/h4-14,24-25H,1-3H3/b23-14+. The predicted octanol–water partition coefficient (Wildman–Crippen LogP) is 4.47. The van der Waals surface area contributed by atoms with Crippen molar-refractivity contribution in [2.75, 3.05) is 17.3 Å². The largest absolute Gasteiger partial charge is 0.495 e. The average Bonchev–Trinajstić information content (AvgIpc) is 2.75. The van der Waals surface area contributed by atoms with Gasteiger partial charge >= 0.3 is 0 Å². The highest BCUT2D eigenvalue weighted by molar-refractivity contribution is 7.93. The number of anilines is 2. The smallest absolute Gasteiger partial charge is 0.270 e. The van der Waals surface area contributed by atoms with Gasteiger partial charge in [-0.3, -0.25) is 20.3 Å². The van der Waals surface area contributed by atoms with Gasteiger partial charge in [0.25, 0.3) is 15.7 Å². The molecular formula is C22H22N4O5S. The monoisotopic (exact) mass is 454 g/mol.